The van der Waals surface area contributed by atoms with Gasteiger partial charge in [0.05, 0.1) is 160 Å². The summed E-state index contributed by atoms with van der Waals surface area (Å²) in [7, 11) is 1.44. The molecule has 4 heterocycles. The Morgan fingerprint density at radius 3 is 1.90 bits per heavy atom. The first kappa shape index (κ1) is 77.3. The molecule has 4 amide bonds. The van der Waals surface area contributed by atoms with Gasteiger partial charge in [-0.05, 0) is 129 Å². The lowest BCUT2D eigenvalue weighted by atomic mass is 9.81. The molecule has 542 valence electrons. The molecule has 3 aromatic carbocycles. The van der Waals surface area contributed by atoms with Gasteiger partial charge in [-0.3, -0.25) is 19.2 Å². The van der Waals surface area contributed by atoms with Crippen molar-refractivity contribution in [2.24, 2.45) is 11.7 Å². The number of aliphatic hydroxyl groups is 1. The second-order valence-corrected chi connectivity index (χ2v) is 25.1. The van der Waals surface area contributed by atoms with E-state index in [-0.39, 0.29) is 87.7 Å². The number of ether oxygens (including phenoxy) is 12. The summed E-state index contributed by atoms with van der Waals surface area (Å²) in [5.41, 5.74) is 12.1. The van der Waals surface area contributed by atoms with Crippen LogP contribution in [-0.4, -0.2) is 189 Å². The van der Waals surface area contributed by atoms with Crippen LogP contribution < -0.4 is 37.3 Å². The largest absolute Gasteiger partial charge is 0.495 e. The highest BCUT2D eigenvalue weighted by Crippen LogP contribution is 2.46. The van der Waals surface area contributed by atoms with Crippen molar-refractivity contribution in [1.82, 2.24) is 25.5 Å². The molecule has 2 aliphatic heterocycles. The van der Waals surface area contributed by atoms with Gasteiger partial charge in [0, 0.05) is 36.0 Å². The van der Waals surface area contributed by atoms with Crippen LogP contribution in [0, 0.1) is 19.8 Å². The van der Waals surface area contributed by atoms with E-state index in [4.69, 9.17) is 67.6 Å². The highest BCUT2D eigenvalue weighted by atomic mass is 16.6. The van der Waals surface area contributed by atoms with Gasteiger partial charge in [-0.1, -0.05) is 57.2 Å². The molecule has 0 unspecified atom stereocenters. The predicted octanol–water partition coefficient (Wildman–Crippen LogP) is 6.48. The Labute approximate surface area is 579 Å². The second kappa shape index (κ2) is 40.1. The summed E-state index contributed by atoms with van der Waals surface area (Å²) in [6.07, 6.45) is 3.02. The maximum atomic E-state index is 14.2. The third-order valence-electron chi connectivity index (χ3n) is 17.7. The molecular formula is C73H101N7O19. The number of anilines is 1. The number of nitrogens with two attached hydrogens (primary N) is 1. The molecular weight excluding hydrogens is 1280 g/mol. The molecule has 4 atom stereocenters. The van der Waals surface area contributed by atoms with Crippen LogP contribution in [0.2, 0.25) is 0 Å². The Morgan fingerprint density at radius 2 is 1.31 bits per heavy atom. The van der Waals surface area contributed by atoms with E-state index in [1.807, 2.05) is 43.3 Å². The van der Waals surface area contributed by atoms with Crippen LogP contribution >= 0.6 is 0 Å². The summed E-state index contributed by atoms with van der Waals surface area (Å²) in [5.74, 6) is -1.41. The first-order chi connectivity index (χ1) is 48.0. The van der Waals surface area contributed by atoms with Gasteiger partial charge in [-0.25, -0.2) is 14.6 Å². The Kier molecular flexibility index (Phi) is 31.3. The molecule has 0 fully saturated rings. The van der Waals surface area contributed by atoms with Gasteiger partial charge >= 0.3 is 12.1 Å². The number of aryl methyl sites for hydroxylation is 2. The van der Waals surface area contributed by atoms with Crippen LogP contribution in [0.15, 0.2) is 65.5 Å². The topological polar surface area (TPSA) is 325 Å². The van der Waals surface area contributed by atoms with E-state index >= 15 is 0 Å². The molecule has 26 heteroatoms. The second-order valence-electron chi connectivity index (χ2n) is 25.1. The summed E-state index contributed by atoms with van der Waals surface area (Å²) in [6, 6.07) is 15.3. The third kappa shape index (κ3) is 22.3. The number of benzene rings is 3. The van der Waals surface area contributed by atoms with E-state index in [9.17, 15) is 33.9 Å². The number of nitrogens with zero attached hydrogens (tertiary/aromatic N) is 2. The van der Waals surface area contributed by atoms with Crippen LogP contribution in [0.25, 0.3) is 22.3 Å². The number of cyclic esters (lactones) is 1. The van der Waals surface area contributed by atoms with E-state index in [0.29, 0.717) is 159 Å². The van der Waals surface area contributed by atoms with Crippen molar-refractivity contribution in [2.75, 3.05) is 138 Å². The number of amides is 4. The number of hydrogen-bond donors (Lipinski definition) is 6. The van der Waals surface area contributed by atoms with E-state index in [1.165, 1.54) is 7.11 Å². The summed E-state index contributed by atoms with van der Waals surface area (Å²) >= 11 is 0. The lowest BCUT2D eigenvalue weighted by Crippen LogP contribution is -2.53. The number of nitrogens with one attached hydrogen (secondary N) is 4. The monoisotopic (exact) mass is 1380 g/mol. The van der Waals surface area contributed by atoms with Crippen LogP contribution in [0.1, 0.15) is 122 Å². The molecule has 2 aromatic heterocycles. The maximum Gasteiger partial charge on any atom is 0.407 e. The van der Waals surface area contributed by atoms with Crippen LogP contribution in [0.5, 0.6) is 5.75 Å². The minimum absolute atomic E-state index is 0.00690. The Hall–Kier alpha value is -7.47. The highest BCUT2D eigenvalue weighted by molar-refractivity contribution is 5.99. The molecule has 26 nitrogen and oxygen atoms in total. The van der Waals surface area contributed by atoms with Gasteiger partial charge in [0.2, 0.25) is 17.7 Å². The zero-order valence-electron chi connectivity index (χ0n) is 58.3. The van der Waals surface area contributed by atoms with Crippen molar-refractivity contribution >= 4 is 46.4 Å². The average Bonchev–Trinajstić information content (AvgIpc) is 1.60. The van der Waals surface area contributed by atoms with Crippen molar-refractivity contribution in [3.8, 4) is 17.1 Å². The maximum absolute atomic E-state index is 14.2. The number of methoxy groups -OCH3 is 1. The van der Waals surface area contributed by atoms with Gasteiger partial charge in [-0.15, -0.1) is 0 Å². The third-order valence-corrected chi connectivity index (χ3v) is 17.7. The predicted molar refractivity (Wildman–Crippen MR) is 368 cm³/mol. The number of rotatable bonds is 46. The van der Waals surface area contributed by atoms with E-state index in [0.717, 1.165) is 51.8 Å². The number of carbonyl (C=O) groups excluding carboxylic acids is 5. The Bertz CT molecular complexity index is 3520. The molecule has 0 saturated heterocycles. The van der Waals surface area contributed by atoms with Crippen molar-refractivity contribution in [3.63, 3.8) is 0 Å². The normalized spacial score (nSPS) is 15.8. The van der Waals surface area contributed by atoms with Crippen molar-refractivity contribution < 1.29 is 85.9 Å². The van der Waals surface area contributed by atoms with Gasteiger partial charge in [0.15, 0.2) is 5.60 Å². The Morgan fingerprint density at radius 1 is 0.707 bits per heavy atom. The zero-order chi connectivity index (χ0) is 70.5. The molecule has 1 aliphatic carbocycles. The van der Waals surface area contributed by atoms with Crippen molar-refractivity contribution in [3.05, 3.63) is 121 Å². The van der Waals surface area contributed by atoms with E-state index < -0.39 is 53.5 Å². The molecule has 7 N–H and O–H groups in total. The SMILES string of the molecule is CC[C@@]1(O)C(=O)OCc2c1cc1n(c2=O)Cc2c-1nc1cc(C)c(C)c3c1c2[C@@H](NC(=O)OCc1ccc(NC(=O)[C@H](CCCCN)NC(=O)[C@H](Cc2ccccc2)NC(=O)CCOCCOCCOCCOCCOCCOCCOCCOCCOCCC(C)C)c(OC)c1)CC3. The van der Waals surface area contributed by atoms with Gasteiger partial charge in [0.25, 0.3) is 5.56 Å². The molecule has 3 aliphatic rings. The number of fused-ring (bicyclic) bond motifs is 5. The average molecular weight is 1380 g/mol. The Balaban J connectivity index is 0.747. The minimum Gasteiger partial charge on any atom is -0.495 e. The van der Waals surface area contributed by atoms with Crippen LogP contribution in [0.4, 0.5) is 10.5 Å². The fourth-order valence-corrected chi connectivity index (χ4v) is 12.1. The van der Waals surface area contributed by atoms with Crippen molar-refractivity contribution in [1.29, 1.82) is 0 Å². The molecule has 0 spiro atoms. The highest BCUT2D eigenvalue weighted by Gasteiger charge is 2.46. The molecule has 0 radical (unpaired) electrons. The van der Waals surface area contributed by atoms with Crippen molar-refractivity contribution in [2.45, 2.75) is 136 Å². The number of esters is 1. The number of alkyl carbamates (subject to hydrolysis) is 1. The molecule has 5 aromatic rings. The fraction of sp³-hybridized carbons (Fsp3) is 0.575. The van der Waals surface area contributed by atoms with Crippen LogP contribution in [-0.2, 0) is 109 Å². The lowest BCUT2D eigenvalue weighted by molar-refractivity contribution is -0.172. The lowest BCUT2D eigenvalue weighted by Gasteiger charge is -2.31. The van der Waals surface area contributed by atoms with Crippen LogP contribution in [0.3, 0.4) is 0 Å². The van der Waals surface area contributed by atoms with E-state index in [1.54, 1.807) is 35.8 Å². The summed E-state index contributed by atoms with van der Waals surface area (Å²) in [5, 5.41) is 24.2. The van der Waals surface area contributed by atoms with Gasteiger partial charge < -0.3 is 93.5 Å². The summed E-state index contributed by atoms with van der Waals surface area (Å²) < 4.78 is 68.5. The number of unbranched alkanes of at least 4 members (excludes halogenated alkanes) is 1. The zero-order valence-corrected chi connectivity index (χ0v) is 58.3. The van der Waals surface area contributed by atoms with Gasteiger partial charge in [-0.2, -0.15) is 0 Å². The summed E-state index contributed by atoms with van der Waals surface area (Å²) in [6.45, 7) is 18.1. The number of carbonyl (C=O) groups is 5. The quantitative estimate of drug-likeness (QED) is 0.0176. The standard InChI is InChI=1S/C73H101N7O19/c1-7-73(87)56-44-62-67-54(45-80(62)70(84)55(56)47-98-71(73)85)66-58(19-17-53-50(5)49(4)41-60(76-67)65(53)66)79-72(86)99-46-52-16-18-57(63(43-52)88-6)77-68(82)59(15-11-12-22-74)78-69(83)61(42-51-13-9-8-10-14-51)75-64(81)21-24-90-26-28-92-30-32-94-34-36-96-38-40-97-39-37-95-35-33-93-31-29-91-27-25-89-23-20-48(2)3/h8-10,13-14,16,18,41,43-44,48,58-59,61,87H,7,11-12,15,17,19-40,42,45-47,74H2,1-6H3,(H,75,81)(H,77,82)(H,78,83)(H,79,86)/t58-,59-,61-,73-/m0/s1. The molecule has 8 rings (SSSR count). The number of hydrogen-bond acceptors (Lipinski definition) is 21. The summed E-state index contributed by atoms with van der Waals surface area (Å²) in [4.78, 5) is 87.9. The smallest absolute Gasteiger partial charge is 0.407 e. The number of aromatic nitrogens is 2. The molecule has 99 heavy (non-hydrogen) atoms. The molecule has 0 bridgehead atoms. The first-order valence-corrected chi connectivity index (χ1v) is 34.6. The number of pyridine rings is 2. The first-order valence-electron chi connectivity index (χ1n) is 34.6. The van der Waals surface area contributed by atoms with E-state index in [2.05, 4.69) is 42.0 Å². The van der Waals surface area contributed by atoms with Gasteiger partial charge in [0.1, 0.15) is 31.0 Å². The minimum atomic E-state index is -1.99. The fourth-order valence-electron chi connectivity index (χ4n) is 12.1. The molecule has 0 saturated carbocycles.